The number of hydrogen-bond donors (Lipinski definition) is 1. The third-order valence-corrected chi connectivity index (χ3v) is 3.89. The first-order valence-electron chi connectivity index (χ1n) is 6.01. The van der Waals surface area contributed by atoms with Gasteiger partial charge in [-0.1, -0.05) is 6.07 Å². The van der Waals surface area contributed by atoms with Crippen molar-refractivity contribution in [2.75, 3.05) is 13.1 Å². The number of halogens is 1. The molecule has 1 aromatic carbocycles. The van der Waals surface area contributed by atoms with E-state index in [2.05, 4.69) is 0 Å². The van der Waals surface area contributed by atoms with E-state index in [0.29, 0.717) is 3.57 Å². The zero-order valence-electron chi connectivity index (χ0n) is 10.3. The minimum atomic E-state index is -0.205. The number of phenols is 1. The summed E-state index contributed by atoms with van der Waals surface area (Å²) in [4.78, 5) is 13.8. The molecule has 0 saturated carbocycles. The van der Waals surface area contributed by atoms with Crippen molar-refractivity contribution in [2.24, 2.45) is 0 Å². The highest BCUT2D eigenvalue weighted by Gasteiger charge is 2.21. The molecule has 0 spiro atoms. The van der Waals surface area contributed by atoms with Crippen LogP contribution in [0.1, 0.15) is 18.4 Å². The third kappa shape index (κ3) is 3.26. The average molecular weight is 368 g/mol. The first-order valence-corrected chi connectivity index (χ1v) is 7.09. The Morgan fingerprint density at radius 1 is 1.42 bits per heavy atom. The highest BCUT2D eigenvalue weighted by molar-refractivity contribution is 14.1. The maximum atomic E-state index is 12.1. The van der Waals surface area contributed by atoms with E-state index in [1.807, 2.05) is 28.7 Å². The minimum Gasteiger partial charge on any atom is -0.507 e. The fourth-order valence-corrected chi connectivity index (χ4v) is 2.55. The van der Waals surface area contributed by atoms with E-state index in [1.54, 1.807) is 29.2 Å². The number of phenolic OH excluding ortho intramolecular Hbond substituents is 1. The number of likely N-dealkylation sites (tertiary alicyclic amines) is 1. The van der Waals surface area contributed by atoms with Crippen LogP contribution in [-0.2, 0) is 4.79 Å². The first-order chi connectivity index (χ1) is 9.11. The Morgan fingerprint density at radius 2 is 2.11 bits per heavy atom. The second-order valence-electron chi connectivity index (χ2n) is 4.38. The standard InChI is InChI=1S/C14H13IN2O2/c15-12-8-10(3-4-13(12)18)7-11(9-16)14(19)17-5-1-2-6-17/h3-4,7-8,18H,1-2,5-6H2/b11-7+. The predicted molar refractivity (Wildman–Crippen MR) is 80.2 cm³/mol. The van der Waals surface area contributed by atoms with Gasteiger partial charge in [0.25, 0.3) is 5.91 Å². The Kier molecular flexibility index (Phi) is 4.43. The highest BCUT2D eigenvalue weighted by Crippen LogP contribution is 2.22. The van der Waals surface area contributed by atoms with Crippen molar-refractivity contribution in [2.45, 2.75) is 12.8 Å². The van der Waals surface area contributed by atoms with Crippen LogP contribution in [0, 0.1) is 14.9 Å². The number of amides is 1. The highest BCUT2D eigenvalue weighted by atomic mass is 127. The maximum Gasteiger partial charge on any atom is 0.264 e. The Morgan fingerprint density at radius 3 is 2.68 bits per heavy atom. The molecule has 1 aliphatic rings. The normalized spacial score (nSPS) is 15.4. The summed E-state index contributed by atoms with van der Waals surface area (Å²) in [5.41, 5.74) is 0.884. The SMILES string of the molecule is N#C/C(=C\c1ccc(O)c(I)c1)C(=O)N1CCCC1. The topological polar surface area (TPSA) is 64.3 Å². The molecule has 0 aliphatic carbocycles. The second kappa shape index (κ2) is 6.06. The van der Waals surface area contributed by atoms with Crippen LogP contribution in [0.3, 0.4) is 0 Å². The van der Waals surface area contributed by atoms with Crippen LogP contribution in [0.2, 0.25) is 0 Å². The van der Waals surface area contributed by atoms with Gasteiger partial charge in [0.15, 0.2) is 0 Å². The molecule has 1 fully saturated rings. The maximum absolute atomic E-state index is 12.1. The lowest BCUT2D eigenvalue weighted by molar-refractivity contribution is -0.125. The van der Waals surface area contributed by atoms with Crippen molar-refractivity contribution in [1.29, 1.82) is 5.26 Å². The van der Waals surface area contributed by atoms with Crippen LogP contribution in [0.15, 0.2) is 23.8 Å². The largest absolute Gasteiger partial charge is 0.507 e. The molecule has 1 N–H and O–H groups in total. The van der Waals surface area contributed by atoms with Crippen LogP contribution < -0.4 is 0 Å². The van der Waals surface area contributed by atoms with Gasteiger partial charge in [0.05, 0.1) is 3.57 Å². The number of benzene rings is 1. The molecule has 2 rings (SSSR count). The smallest absolute Gasteiger partial charge is 0.264 e. The molecule has 0 radical (unpaired) electrons. The lowest BCUT2D eigenvalue weighted by atomic mass is 10.1. The van der Waals surface area contributed by atoms with Gasteiger partial charge >= 0.3 is 0 Å². The summed E-state index contributed by atoms with van der Waals surface area (Å²) in [6.07, 6.45) is 3.57. The molecule has 0 aromatic heterocycles. The molecule has 98 valence electrons. The molecular weight excluding hydrogens is 355 g/mol. The van der Waals surface area contributed by atoms with Crippen molar-refractivity contribution in [1.82, 2.24) is 4.90 Å². The van der Waals surface area contributed by atoms with Gasteiger partial charge < -0.3 is 10.0 Å². The van der Waals surface area contributed by atoms with Crippen molar-refractivity contribution in [3.05, 3.63) is 32.9 Å². The van der Waals surface area contributed by atoms with Crippen LogP contribution in [-0.4, -0.2) is 29.0 Å². The quantitative estimate of drug-likeness (QED) is 0.496. The Balaban J connectivity index is 2.25. The lowest BCUT2D eigenvalue weighted by Crippen LogP contribution is -2.28. The van der Waals surface area contributed by atoms with Gasteiger partial charge in [0.2, 0.25) is 0 Å². The van der Waals surface area contributed by atoms with Crippen LogP contribution >= 0.6 is 22.6 Å². The van der Waals surface area contributed by atoms with Crippen molar-refractivity contribution < 1.29 is 9.90 Å². The molecule has 1 heterocycles. The van der Waals surface area contributed by atoms with Gasteiger partial charge in [0, 0.05) is 13.1 Å². The number of nitrogens with zero attached hydrogens (tertiary/aromatic N) is 2. The molecule has 1 amide bonds. The number of carbonyl (C=O) groups excluding carboxylic acids is 1. The zero-order valence-corrected chi connectivity index (χ0v) is 12.4. The monoisotopic (exact) mass is 368 g/mol. The molecule has 19 heavy (non-hydrogen) atoms. The number of rotatable bonds is 2. The van der Waals surface area contributed by atoms with E-state index in [0.717, 1.165) is 31.5 Å². The fourth-order valence-electron chi connectivity index (χ4n) is 2.01. The van der Waals surface area contributed by atoms with Crippen LogP contribution in [0.5, 0.6) is 5.75 Å². The summed E-state index contributed by atoms with van der Waals surface area (Å²) >= 11 is 2.01. The Hall–Kier alpha value is -1.55. The summed E-state index contributed by atoms with van der Waals surface area (Å²) in [6.45, 7) is 1.45. The molecule has 1 aromatic rings. The van der Waals surface area contributed by atoms with Gasteiger partial charge in [-0.15, -0.1) is 0 Å². The second-order valence-corrected chi connectivity index (χ2v) is 5.54. The summed E-state index contributed by atoms with van der Waals surface area (Å²) < 4.78 is 0.692. The Labute approximate surface area is 125 Å². The summed E-state index contributed by atoms with van der Waals surface area (Å²) in [5.74, 6) is -0.00906. The van der Waals surface area contributed by atoms with Gasteiger partial charge in [-0.25, -0.2) is 0 Å². The summed E-state index contributed by atoms with van der Waals surface area (Å²) in [6, 6.07) is 6.95. The van der Waals surface area contributed by atoms with Crippen LogP contribution in [0.4, 0.5) is 0 Å². The average Bonchev–Trinajstić information content (AvgIpc) is 2.93. The molecule has 1 aliphatic heterocycles. The van der Waals surface area contributed by atoms with Gasteiger partial charge in [0.1, 0.15) is 17.4 Å². The molecular formula is C14H13IN2O2. The van der Waals surface area contributed by atoms with Crippen LogP contribution in [0.25, 0.3) is 6.08 Å². The first kappa shape index (κ1) is 13.9. The van der Waals surface area contributed by atoms with Gasteiger partial charge in [-0.2, -0.15) is 5.26 Å². The van der Waals surface area contributed by atoms with E-state index in [-0.39, 0.29) is 17.2 Å². The van der Waals surface area contributed by atoms with Crippen molar-refractivity contribution in [3.63, 3.8) is 0 Å². The van der Waals surface area contributed by atoms with E-state index < -0.39 is 0 Å². The fraction of sp³-hybridized carbons (Fsp3) is 0.286. The number of aromatic hydroxyl groups is 1. The zero-order chi connectivity index (χ0) is 13.8. The van der Waals surface area contributed by atoms with Crippen molar-refractivity contribution in [3.8, 4) is 11.8 Å². The molecule has 1 saturated heterocycles. The molecule has 0 unspecified atom stereocenters. The third-order valence-electron chi connectivity index (χ3n) is 3.03. The summed E-state index contributed by atoms with van der Waals surface area (Å²) in [7, 11) is 0. The molecule has 5 heteroatoms. The molecule has 4 nitrogen and oxygen atoms in total. The number of hydrogen-bond acceptors (Lipinski definition) is 3. The van der Waals surface area contributed by atoms with E-state index in [1.165, 1.54) is 0 Å². The van der Waals surface area contributed by atoms with E-state index >= 15 is 0 Å². The van der Waals surface area contributed by atoms with Gasteiger partial charge in [-0.3, -0.25) is 4.79 Å². The van der Waals surface area contributed by atoms with E-state index in [9.17, 15) is 9.90 Å². The molecule has 0 atom stereocenters. The molecule has 0 bridgehead atoms. The number of carbonyl (C=O) groups is 1. The van der Waals surface area contributed by atoms with Crippen molar-refractivity contribution >= 4 is 34.6 Å². The minimum absolute atomic E-state index is 0.142. The lowest BCUT2D eigenvalue weighted by Gasteiger charge is -2.14. The summed E-state index contributed by atoms with van der Waals surface area (Å²) in [5, 5.41) is 18.6. The van der Waals surface area contributed by atoms with Gasteiger partial charge in [-0.05, 0) is 59.2 Å². The number of nitriles is 1. The predicted octanol–water partition coefficient (Wildman–Crippen LogP) is 2.53. The van der Waals surface area contributed by atoms with E-state index in [4.69, 9.17) is 5.26 Å². The Bertz CT molecular complexity index is 569.